The Labute approximate surface area is 112 Å². The Bertz CT molecular complexity index is 530. The summed E-state index contributed by atoms with van der Waals surface area (Å²) < 4.78 is 54.3. The number of alkyl halides is 3. The number of hydrogen-bond acceptors (Lipinski definition) is 3. The molecular formula is C13H13F4NO2. The minimum atomic E-state index is -5.00. The van der Waals surface area contributed by atoms with E-state index in [1.54, 1.807) is 0 Å². The lowest BCUT2D eigenvalue weighted by Crippen LogP contribution is -2.47. The van der Waals surface area contributed by atoms with E-state index in [4.69, 9.17) is 5.73 Å². The smallest absolute Gasteiger partial charge is 0.403 e. The molecule has 0 bridgehead atoms. The maximum Gasteiger partial charge on any atom is 0.573 e. The van der Waals surface area contributed by atoms with Crippen LogP contribution in [0.1, 0.15) is 31.2 Å². The van der Waals surface area contributed by atoms with Gasteiger partial charge in [-0.25, -0.2) is 4.39 Å². The Balaban J connectivity index is 2.42. The normalized spacial score (nSPS) is 23.8. The topological polar surface area (TPSA) is 52.3 Å². The third-order valence-corrected chi connectivity index (χ3v) is 3.39. The van der Waals surface area contributed by atoms with Gasteiger partial charge in [-0.2, -0.15) is 0 Å². The van der Waals surface area contributed by atoms with Gasteiger partial charge in [0.15, 0.2) is 17.3 Å². The molecule has 1 saturated carbocycles. The Morgan fingerprint density at radius 3 is 2.55 bits per heavy atom. The standard InChI is InChI=1S/C13H13F4NO2/c14-11-8(12(18)7-2-1-6-10(12)19)4-3-5-9(11)20-13(15,16)17/h3-5H,1-2,6-7,18H2/t12-/m1/s1. The quantitative estimate of drug-likeness (QED) is 0.852. The van der Waals surface area contributed by atoms with Gasteiger partial charge in [-0.1, -0.05) is 18.6 Å². The zero-order chi connectivity index (χ0) is 15.0. The van der Waals surface area contributed by atoms with Crippen molar-refractivity contribution in [1.82, 2.24) is 0 Å². The molecule has 1 atom stereocenters. The Hall–Kier alpha value is -1.63. The zero-order valence-electron chi connectivity index (χ0n) is 10.5. The van der Waals surface area contributed by atoms with Crippen molar-refractivity contribution in [3.8, 4) is 5.75 Å². The molecular weight excluding hydrogens is 278 g/mol. The van der Waals surface area contributed by atoms with Crippen LogP contribution in [0, 0.1) is 5.82 Å². The third kappa shape index (κ3) is 2.77. The number of carbonyl (C=O) groups is 1. The summed E-state index contributed by atoms with van der Waals surface area (Å²) in [7, 11) is 0. The van der Waals surface area contributed by atoms with E-state index in [0.717, 1.165) is 6.07 Å². The molecule has 110 valence electrons. The monoisotopic (exact) mass is 291 g/mol. The van der Waals surface area contributed by atoms with Crippen LogP contribution >= 0.6 is 0 Å². The first-order valence-electron chi connectivity index (χ1n) is 6.11. The maximum atomic E-state index is 14.1. The number of ether oxygens (including phenoxy) is 1. The second-order valence-corrected chi connectivity index (χ2v) is 4.77. The van der Waals surface area contributed by atoms with E-state index in [0.29, 0.717) is 12.8 Å². The molecule has 1 aliphatic rings. The van der Waals surface area contributed by atoms with Gasteiger partial charge in [-0.3, -0.25) is 4.79 Å². The SMILES string of the molecule is N[C@@]1(c2cccc(OC(F)(F)F)c2F)CCCCC1=O. The Morgan fingerprint density at radius 2 is 1.95 bits per heavy atom. The molecule has 20 heavy (non-hydrogen) atoms. The van der Waals surface area contributed by atoms with E-state index in [9.17, 15) is 22.4 Å². The molecule has 7 heteroatoms. The highest BCUT2D eigenvalue weighted by Crippen LogP contribution is 2.37. The first-order valence-corrected chi connectivity index (χ1v) is 6.11. The summed E-state index contributed by atoms with van der Waals surface area (Å²) in [5.74, 6) is -2.58. The van der Waals surface area contributed by atoms with Gasteiger partial charge in [0, 0.05) is 12.0 Å². The van der Waals surface area contributed by atoms with E-state index in [1.165, 1.54) is 12.1 Å². The van der Waals surface area contributed by atoms with Gasteiger partial charge in [0.05, 0.1) is 0 Å². The second kappa shape index (κ2) is 5.05. The lowest BCUT2D eigenvalue weighted by atomic mass is 9.76. The molecule has 1 fully saturated rings. The van der Waals surface area contributed by atoms with Crippen molar-refractivity contribution in [2.45, 2.75) is 37.6 Å². The predicted molar refractivity (Wildman–Crippen MR) is 62.4 cm³/mol. The summed E-state index contributed by atoms with van der Waals surface area (Å²) in [4.78, 5) is 11.9. The van der Waals surface area contributed by atoms with E-state index < -0.39 is 23.5 Å². The third-order valence-electron chi connectivity index (χ3n) is 3.39. The molecule has 3 nitrogen and oxygen atoms in total. The summed E-state index contributed by atoms with van der Waals surface area (Å²) in [6.07, 6.45) is -3.33. The van der Waals surface area contributed by atoms with E-state index in [1.807, 2.05) is 0 Å². The van der Waals surface area contributed by atoms with Crippen LogP contribution in [0.2, 0.25) is 0 Å². The molecule has 2 rings (SSSR count). The van der Waals surface area contributed by atoms with Crippen molar-refractivity contribution < 1.29 is 27.1 Å². The lowest BCUT2D eigenvalue weighted by Gasteiger charge is -2.32. The van der Waals surface area contributed by atoms with E-state index in [-0.39, 0.29) is 24.2 Å². The summed E-state index contributed by atoms with van der Waals surface area (Å²) in [5.41, 5.74) is 4.11. The predicted octanol–water partition coefficient (Wildman–Crippen LogP) is 3.02. The first-order chi connectivity index (χ1) is 9.24. The van der Waals surface area contributed by atoms with E-state index >= 15 is 0 Å². The number of ketones is 1. The lowest BCUT2D eigenvalue weighted by molar-refractivity contribution is -0.275. The van der Waals surface area contributed by atoms with Gasteiger partial charge in [0.1, 0.15) is 5.54 Å². The number of Topliss-reactive ketones (excluding diaryl/α,β-unsaturated/α-hetero) is 1. The minimum absolute atomic E-state index is 0.195. The molecule has 0 radical (unpaired) electrons. The average Bonchev–Trinajstić information content (AvgIpc) is 2.34. The average molecular weight is 291 g/mol. The second-order valence-electron chi connectivity index (χ2n) is 4.77. The van der Waals surface area contributed by atoms with Crippen molar-refractivity contribution in [1.29, 1.82) is 0 Å². The minimum Gasteiger partial charge on any atom is -0.403 e. The van der Waals surface area contributed by atoms with Crippen LogP contribution < -0.4 is 10.5 Å². The number of carbonyl (C=O) groups excluding carboxylic acids is 1. The van der Waals surface area contributed by atoms with Crippen LogP contribution in [-0.4, -0.2) is 12.1 Å². The highest BCUT2D eigenvalue weighted by Gasteiger charge is 2.41. The van der Waals surface area contributed by atoms with Gasteiger partial charge in [-0.05, 0) is 18.9 Å². The Morgan fingerprint density at radius 1 is 1.25 bits per heavy atom. The fourth-order valence-corrected chi connectivity index (χ4v) is 2.40. The fraction of sp³-hybridized carbons (Fsp3) is 0.462. The molecule has 0 aromatic heterocycles. The van der Waals surface area contributed by atoms with Crippen molar-refractivity contribution in [3.05, 3.63) is 29.6 Å². The molecule has 1 aliphatic carbocycles. The Kier molecular flexibility index (Phi) is 3.73. The first kappa shape index (κ1) is 14.8. The largest absolute Gasteiger partial charge is 0.573 e. The van der Waals surface area contributed by atoms with Crippen LogP contribution in [0.15, 0.2) is 18.2 Å². The van der Waals surface area contributed by atoms with Crippen LogP contribution in [0.3, 0.4) is 0 Å². The number of hydrogen-bond donors (Lipinski definition) is 1. The van der Waals surface area contributed by atoms with Crippen LogP contribution in [0.25, 0.3) is 0 Å². The zero-order valence-corrected chi connectivity index (χ0v) is 10.5. The van der Waals surface area contributed by atoms with Crippen molar-refractivity contribution in [2.24, 2.45) is 5.73 Å². The summed E-state index contributed by atoms with van der Waals surface area (Å²) >= 11 is 0. The van der Waals surface area contributed by atoms with Gasteiger partial charge < -0.3 is 10.5 Å². The van der Waals surface area contributed by atoms with Crippen LogP contribution in [0.4, 0.5) is 17.6 Å². The summed E-state index contributed by atoms with van der Waals surface area (Å²) in [6.45, 7) is 0. The number of halogens is 4. The molecule has 0 spiro atoms. The molecule has 2 N–H and O–H groups in total. The molecule has 0 unspecified atom stereocenters. The van der Waals surface area contributed by atoms with E-state index in [2.05, 4.69) is 4.74 Å². The molecule has 0 heterocycles. The van der Waals surface area contributed by atoms with Gasteiger partial charge in [0.2, 0.25) is 0 Å². The molecule has 0 aliphatic heterocycles. The molecule has 1 aromatic rings. The van der Waals surface area contributed by atoms with Gasteiger partial charge >= 0.3 is 6.36 Å². The molecule has 0 saturated heterocycles. The maximum absolute atomic E-state index is 14.1. The number of benzene rings is 1. The summed E-state index contributed by atoms with van der Waals surface area (Å²) in [5, 5.41) is 0. The summed E-state index contributed by atoms with van der Waals surface area (Å²) in [6, 6.07) is 3.26. The van der Waals surface area contributed by atoms with Crippen LogP contribution in [0.5, 0.6) is 5.75 Å². The fourth-order valence-electron chi connectivity index (χ4n) is 2.40. The van der Waals surface area contributed by atoms with Crippen molar-refractivity contribution in [3.63, 3.8) is 0 Å². The van der Waals surface area contributed by atoms with Crippen molar-refractivity contribution >= 4 is 5.78 Å². The highest BCUT2D eigenvalue weighted by molar-refractivity contribution is 5.90. The van der Waals surface area contributed by atoms with Crippen LogP contribution in [-0.2, 0) is 10.3 Å². The van der Waals surface area contributed by atoms with Crippen molar-refractivity contribution in [2.75, 3.05) is 0 Å². The number of nitrogens with two attached hydrogens (primary N) is 1. The highest BCUT2D eigenvalue weighted by atomic mass is 19.4. The number of rotatable bonds is 2. The molecule has 1 aromatic carbocycles. The van der Waals surface area contributed by atoms with Gasteiger partial charge in [-0.15, -0.1) is 13.2 Å². The van der Waals surface area contributed by atoms with Gasteiger partial charge in [0.25, 0.3) is 0 Å². The molecule has 0 amide bonds.